The first-order valence-corrected chi connectivity index (χ1v) is 11.2. The van der Waals surface area contributed by atoms with Gasteiger partial charge < -0.3 is 10.2 Å². The second-order valence-corrected chi connectivity index (χ2v) is 9.04. The lowest BCUT2D eigenvalue weighted by Gasteiger charge is -2.13. The minimum atomic E-state index is -0.0617. The number of carbonyl (C=O) groups is 1. The van der Waals surface area contributed by atoms with Crippen molar-refractivity contribution >= 4 is 39.8 Å². The average Bonchev–Trinajstić information content (AvgIpc) is 3.12. The summed E-state index contributed by atoms with van der Waals surface area (Å²) in [5, 5.41) is 3.88. The van der Waals surface area contributed by atoms with Crippen molar-refractivity contribution in [1.29, 1.82) is 0 Å². The van der Waals surface area contributed by atoms with Crippen LogP contribution >= 0.6 is 11.3 Å². The van der Waals surface area contributed by atoms with Crippen molar-refractivity contribution in [3.05, 3.63) is 75.7 Å². The Labute approximate surface area is 182 Å². The van der Waals surface area contributed by atoms with Crippen molar-refractivity contribution in [3.8, 4) is 0 Å². The zero-order valence-electron chi connectivity index (χ0n) is 17.7. The summed E-state index contributed by atoms with van der Waals surface area (Å²) in [5.74, 6) is -0.0617. The van der Waals surface area contributed by atoms with E-state index in [1.54, 1.807) is 11.3 Å². The summed E-state index contributed by atoms with van der Waals surface area (Å²) in [6, 6.07) is 16.2. The van der Waals surface area contributed by atoms with E-state index in [9.17, 15) is 4.79 Å². The molecule has 1 aliphatic rings. The largest absolute Gasteiger partial charge is 0.378 e. The van der Waals surface area contributed by atoms with E-state index < -0.39 is 0 Å². The Hall–Kier alpha value is -2.92. The minimum absolute atomic E-state index is 0.0617. The van der Waals surface area contributed by atoms with E-state index >= 15 is 0 Å². The first-order chi connectivity index (χ1) is 14.5. The van der Waals surface area contributed by atoms with E-state index in [-0.39, 0.29) is 5.91 Å². The van der Waals surface area contributed by atoms with Crippen LogP contribution in [0.3, 0.4) is 0 Å². The molecule has 0 spiro atoms. The molecule has 0 radical (unpaired) electrons. The van der Waals surface area contributed by atoms with E-state index in [0.717, 1.165) is 46.8 Å². The number of fused-ring (bicyclic) bond motifs is 1. The number of hydrogen-bond acceptors (Lipinski definition) is 4. The number of nitrogens with one attached hydrogen (secondary N) is 1. The number of hydrogen-bond donors (Lipinski definition) is 1. The van der Waals surface area contributed by atoms with E-state index in [2.05, 4.69) is 34.5 Å². The molecule has 0 saturated carbocycles. The number of aryl methyl sites for hydroxylation is 2. The fourth-order valence-electron chi connectivity index (χ4n) is 3.70. The molecule has 0 bridgehead atoms. The van der Waals surface area contributed by atoms with E-state index in [0.29, 0.717) is 0 Å². The van der Waals surface area contributed by atoms with Gasteiger partial charge in [-0.25, -0.2) is 4.99 Å². The van der Waals surface area contributed by atoms with Gasteiger partial charge in [0, 0.05) is 36.6 Å². The number of carbonyl (C=O) groups excluding carboxylic acids is 1. The molecular weight excluding hydrogens is 390 g/mol. The van der Waals surface area contributed by atoms with Crippen LogP contribution < -0.4 is 10.2 Å². The summed E-state index contributed by atoms with van der Waals surface area (Å²) in [6.07, 6.45) is 6.16. The maximum Gasteiger partial charge on any atom is 0.259 e. The molecule has 0 unspecified atom stereocenters. The van der Waals surface area contributed by atoms with Gasteiger partial charge in [0.15, 0.2) is 0 Å². The molecule has 2 aromatic carbocycles. The minimum Gasteiger partial charge on any atom is -0.378 e. The summed E-state index contributed by atoms with van der Waals surface area (Å²) < 4.78 is 0. The lowest BCUT2D eigenvalue weighted by atomic mass is 9.95. The highest BCUT2D eigenvalue weighted by atomic mass is 32.1. The van der Waals surface area contributed by atoms with Crippen LogP contribution in [0.25, 0.3) is 0 Å². The Bertz CT molecular complexity index is 1060. The van der Waals surface area contributed by atoms with Gasteiger partial charge in [0.1, 0.15) is 5.00 Å². The fraction of sp³-hybridized carbons (Fsp3) is 0.280. The van der Waals surface area contributed by atoms with Crippen LogP contribution in [-0.2, 0) is 12.8 Å². The molecule has 1 aliphatic carbocycles. The number of thiophene rings is 1. The third-order valence-electron chi connectivity index (χ3n) is 5.43. The van der Waals surface area contributed by atoms with Crippen molar-refractivity contribution in [3.63, 3.8) is 0 Å². The number of aliphatic imine (C=N–C) groups is 1. The Morgan fingerprint density at radius 3 is 2.43 bits per heavy atom. The van der Waals surface area contributed by atoms with E-state index in [4.69, 9.17) is 4.99 Å². The van der Waals surface area contributed by atoms with Crippen LogP contribution in [0.5, 0.6) is 0 Å². The van der Waals surface area contributed by atoms with Crippen LogP contribution in [-0.4, -0.2) is 26.2 Å². The second-order valence-electron chi connectivity index (χ2n) is 7.96. The third kappa shape index (κ3) is 4.46. The van der Waals surface area contributed by atoms with Crippen molar-refractivity contribution in [2.24, 2.45) is 4.99 Å². The molecule has 154 valence electrons. The van der Waals surface area contributed by atoms with Gasteiger partial charge in [-0.3, -0.25) is 4.79 Å². The summed E-state index contributed by atoms with van der Waals surface area (Å²) in [5.41, 5.74) is 6.10. The predicted molar refractivity (Wildman–Crippen MR) is 128 cm³/mol. The molecule has 5 heteroatoms. The molecule has 4 rings (SSSR count). The topological polar surface area (TPSA) is 44.7 Å². The number of benzene rings is 2. The standard InChI is InChI=1S/C25H27N3OS/c1-17-8-12-19(13-9-17)27-24(29)23-21-6-4-5-7-22(21)30-25(23)26-16-18-10-14-20(15-11-18)28(2)3/h8-16H,4-7H2,1-3H3,(H,27,29)/b26-16+. The predicted octanol–water partition coefficient (Wildman–Crippen LogP) is 6.00. The van der Waals surface area contributed by atoms with Crippen LogP contribution in [0.4, 0.5) is 16.4 Å². The van der Waals surface area contributed by atoms with Crippen LogP contribution in [0.1, 0.15) is 44.8 Å². The van der Waals surface area contributed by atoms with Gasteiger partial charge >= 0.3 is 0 Å². The van der Waals surface area contributed by atoms with Crippen LogP contribution in [0.15, 0.2) is 53.5 Å². The Balaban J connectivity index is 1.63. The average molecular weight is 418 g/mol. The van der Waals surface area contributed by atoms with Gasteiger partial charge in [-0.2, -0.15) is 0 Å². The maximum absolute atomic E-state index is 13.2. The van der Waals surface area contributed by atoms with Gasteiger partial charge in [-0.05, 0) is 68.0 Å². The number of amides is 1. The SMILES string of the molecule is Cc1ccc(NC(=O)c2c(/N=C/c3ccc(N(C)C)cc3)sc3c2CCCC3)cc1. The molecule has 1 aromatic heterocycles. The molecule has 1 amide bonds. The summed E-state index contributed by atoms with van der Waals surface area (Å²) >= 11 is 1.66. The number of anilines is 2. The highest BCUT2D eigenvalue weighted by molar-refractivity contribution is 7.16. The second kappa shape index (κ2) is 8.84. The van der Waals surface area contributed by atoms with Gasteiger partial charge in [0.05, 0.1) is 5.56 Å². The quantitative estimate of drug-likeness (QED) is 0.517. The van der Waals surface area contributed by atoms with Crippen LogP contribution in [0, 0.1) is 6.92 Å². The highest BCUT2D eigenvalue weighted by Gasteiger charge is 2.25. The monoisotopic (exact) mass is 417 g/mol. The van der Waals surface area contributed by atoms with Gasteiger partial charge in [0.25, 0.3) is 5.91 Å². The Morgan fingerprint density at radius 1 is 1.03 bits per heavy atom. The lowest BCUT2D eigenvalue weighted by molar-refractivity contribution is 0.102. The zero-order chi connectivity index (χ0) is 21.1. The van der Waals surface area contributed by atoms with Crippen molar-refractivity contribution in [1.82, 2.24) is 0 Å². The molecule has 30 heavy (non-hydrogen) atoms. The summed E-state index contributed by atoms with van der Waals surface area (Å²) in [4.78, 5) is 21.3. The first-order valence-electron chi connectivity index (χ1n) is 10.4. The van der Waals surface area contributed by atoms with E-state index in [1.165, 1.54) is 22.4 Å². The zero-order valence-corrected chi connectivity index (χ0v) is 18.6. The van der Waals surface area contributed by atoms with Gasteiger partial charge in [-0.15, -0.1) is 11.3 Å². The lowest BCUT2D eigenvalue weighted by Crippen LogP contribution is -2.14. The van der Waals surface area contributed by atoms with Crippen molar-refractivity contribution in [2.45, 2.75) is 32.6 Å². The molecule has 0 saturated heterocycles. The molecule has 1 N–H and O–H groups in total. The summed E-state index contributed by atoms with van der Waals surface area (Å²) in [6.45, 7) is 2.04. The molecule has 3 aromatic rings. The van der Waals surface area contributed by atoms with Crippen LogP contribution in [0.2, 0.25) is 0 Å². The smallest absolute Gasteiger partial charge is 0.259 e. The third-order valence-corrected chi connectivity index (χ3v) is 6.63. The fourth-order valence-corrected chi connectivity index (χ4v) is 4.93. The highest BCUT2D eigenvalue weighted by Crippen LogP contribution is 2.40. The molecule has 4 nitrogen and oxygen atoms in total. The van der Waals surface area contributed by atoms with Gasteiger partial charge in [-0.1, -0.05) is 29.8 Å². The summed E-state index contributed by atoms with van der Waals surface area (Å²) in [7, 11) is 4.05. The van der Waals surface area contributed by atoms with Crippen molar-refractivity contribution < 1.29 is 4.79 Å². The molecular formula is C25H27N3OS. The normalized spacial score (nSPS) is 13.3. The molecule has 0 fully saturated rings. The molecule has 0 aliphatic heterocycles. The molecule has 1 heterocycles. The van der Waals surface area contributed by atoms with Gasteiger partial charge in [0.2, 0.25) is 0 Å². The Morgan fingerprint density at radius 2 is 1.73 bits per heavy atom. The number of nitrogens with zero attached hydrogens (tertiary/aromatic N) is 2. The number of rotatable bonds is 5. The first kappa shape index (κ1) is 20.4. The van der Waals surface area contributed by atoms with Crippen molar-refractivity contribution in [2.75, 3.05) is 24.3 Å². The maximum atomic E-state index is 13.2. The molecule has 0 atom stereocenters. The van der Waals surface area contributed by atoms with E-state index in [1.807, 2.05) is 51.5 Å². The Kier molecular flexibility index (Phi) is 6.00.